The highest BCUT2D eigenvalue weighted by molar-refractivity contribution is 5.90. The summed E-state index contributed by atoms with van der Waals surface area (Å²) >= 11 is 0. The Morgan fingerprint density at radius 3 is 1.42 bits per heavy atom. The standard InChI is InChI=1S/C46H29N3O/c1-3-14-30(15-4-1)31-26-28-33(29-27-31)44-47-43(32-16-5-2-6-17-32)48-45(49-44)36-20-13-24-40-42(36)50-41-25-12-11-23-39(41)46(40)37-21-9-7-18-34(37)35-19-8-10-22-38(35)46/h1-29H. The first-order valence-electron chi connectivity index (χ1n) is 16.9. The van der Waals surface area contributed by atoms with Crippen molar-refractivity contribution in [3.8, 4) is 67.9 Å². The second-order valence-electron chi connectivity index (χ2n) is 12.7. The third-order valence-electron chi connectivity index (χ3n) is 10.0. The molecule has 8 aromatic rings. The van der Waals surface area contributed by atoms with Crippen LogP contribution in [0.5, 0.6) is 11.5 Å². The first-order valence-corrected chi connectivity index (χ1v) is 16.9. The molecule has 10 rings (SSSR count). The van der Waals surface area contributed by atoms with Crippen LogP contribution in [0.3, 0.4) is 0 Å². The molecule has 0 unspecified atom stereocenters. The summed E-state index contributed by atoms with van der Waals surface area (Å²) in [6.45, 7) is 0. The van der Waals surface area contributed by atoms with Gasteiger partial charge in [0.25, 0.3) is 0 Å². The normalized spacial score (nSPS) is 13.1. The van der Waals surface area contributed by atoms with Crippen LogP contribution in [0.4, 0.5) is 0 Å². The minimum atomic E-state index is -0.571. The summed E-state index contributed by atoms with van der Waals surface area (Å²) in [6.07, 6.45) is 0. The Kier molecular flexibility index (Phi) is 6.36. The second kappa shape index (κ2) is 11.2. The van der Waals surface area contributed by atoms with Crippen molar-refractivity contribution in [2.45, 2.75) is 5.41 Å². The first kappa shape index (κ1) is 28.4. The molecule has 1 aliphatic heterocycles. The predicted molar refractivity (Wildman–Crippen MR) is 199 cm³/mol. The molecular formula is C46H29N3O. The van der Waals surface area contributed by atoms with E-state index in [1.807, 2.05) is 42.5 Å². The van der Waals surface area contributed by atoms with Crippen molar-refractivity contribution in [1.29, 1.82) is 0 Å². The predicted octanol–water partition coefficient (Wildman–Crippen LogP) is 11.0. The number of para-hydroxylation sites is 2. The smallest absolute Gasteiger partial charge is 0.167 e. The van der Waals surface area contributed by atoms with Crippen LogP contribution in [0.2, 0.25) is 0 Å². The highest BCUT2D eigenvalue weighted by atomic mass is 16.5. The molecule has 0 atom stereocenters. The van der Waals surface area contributed by atoms with E-state index in [9.17, 15) is 0 Å². The van der Waals surface area contributed by atoms with E-state index in [1.165, 1.54) is 22.3 Å². The summed E-state index contributed by atoms with van der Waals surface area (Å²) in [5.74, 6) is 3.36. The molecule has 0 amide bonds. The van der Waals surface area contributed by atoms with Gasteiger partial charge in [0.2, 0.25) is 0 Å². The molecule has 0 radical (unpaired) electrons. The van der Waals surface area contributed by atoms with Gasteiger partial charge in [0.15, 0.2) is 17.5 Å². The van der Waals surface area contributed by atoms with E-state index < -0.39 is 5.41 Å². The van der Waals surface area contributed by atoms with E-state index in [0.717, 1.165) is 50.4 Å². The van der Waals surface area contributed by atoms with Gasteiger partial charge in [-0.05, 0) is 45.5 Å². The van der Waals surface area contributed by atoms with Crippen LogP contribution in [-0.2, 0) is 5.41 Å². The average molecular weight is 640 g/mol. The third kappa shape index (κ3) is 4.22. The van der Waals surface area contributed by atoms with Crippen molar-refractivity contribution in [1.82, 2.24) is 15.0 Å². The second-order valence-corrected chi connectivity index (χ2v) is 12.7. The topological polar surface area (TPSA) is 47.9 Å². The number of nitrogens with zero attached hydrogens (tertiary/aromatic N) is 3. The number of benzene rings is 7. The van der Waals surface area contributed by atoms with E-state index in [-0.39, 0.29) is 0 Å². The van der Waals surface area contributed by atoms with Crippen molar-refractivity contribution < 1.29 is 4.74 Å². The zero-order valence-corrected chi connectivity index (χ0v) is 27.0. The molecule has 0 fully saturated rings. The maximum absolute atomic E-state index is 6.94. The van der Waals surface area contributed by atoms with Crippen LogP contribution in [0.1, 0.15) is 22.3 Å². The van der Waals surface area contributed by atoms with Gasteiger partial charge in [0, 0.05) is 22.3 Å². The fraction of sp³-hybridized carbons (Fsp3) is 0.0217. The van der Waals surface area contributed by atoms with E-state index in [2.05, 4.69) is 133 Å². The minimum absolute atomic E-state index is 0.562. The minimum Gasteiger partial charge on any atom is -0.456 e. The maximum atomic E-state index is 6.94. The van der Waals surface area contributed by atoms with Gasteiger partial charge < -0.3 is 4.74 Å². The Bertz CT molecular complexity index is 2520. The summed E-state index contributed by atoms with van der Waals surface area (Å²) in [6, 6.07) is 61.3. The van der Waals surface area contributed by atoms with Gasteiger partial charge in [-0.2, -0.15) is 0 Å². The Balaban J connectivity index is 1.21. The van der Waals surface area contributed by atoms with Crippen molar-refractivity contribution in [2.75, 3.05) is 0 Å². The lowest BCUT2D eigenvalue weighted by molar-refractivity contribution is 0.437. The molecule has 1 aliphatic carbocycles. The Labute approximate surface area is 290 Å². The fourth-order valence-electron chi connectivity index (χ4n) is 7.84. The molecule has 1 spiro atoms. The lowest BCUT2D eigenvalue weighted by Crippen LogP contribution is -2.32. The van der Waals surface area contributed by atoms with Gasteiger partial charge in [-0.15, -0.1) is 0 Å². The Morgan fingerprint density at radius 1 is 0.320 bits per heavy atom. The van der Waals surface area contributed by atoms with E-state index in [4.69, 9.17) is 19.7 Å². The van der Waals surface area contributed by atoms with Gasteiger partial charge in [0.05, 0.1) is 11.0 Å². The molecule has 7 aromatic carbocycles. The summed E-state index contributed by atoms with van der Waals surface area (Å²) in [4.78, 5) is 15.3. The molecule has 0 saturated heterocycles. The van der Waals surface area contributed by atoms with Crippen LogP contribution in [0.15, 0.2) is 176 Å². The summed E-state index contributed by atoms with van der Waals surface area (Å²) in [7, 11) is 0. The van der Waals surface area contributed by atoms with Crippen LogP contribution in [0, 0.1) is 0 Å². The monoisotopic (exact) mass is 639 g/mol. The molecule has 0 saturated carbocycles. The lowest BCUT2D eigenvalue weighted by Gasteiger charge is -2.39. The van der Waals surface area contributed by atoms with Gasteiger partial charge in [-0.1, -0.05) is 164 Å². The molecule has 4 heteroatoms. The number of hydrogen-bond acceptors (Lipinski definition) is 4. The summed E-state index contributed by atoms with van der Waals surface area (Å²) in [5.41, 5.74) is 11.6. The molecule has 4 nitrogen and oxygen atoms in total. The first-order chi connectivity index (χ1) is 24.8. The number of hydrogen-bond donors (Lipinski definition) is 0. The molecular weight excluding hydrogens is 611 g/mol. The number of fused-ring (bicyclic) bond motifs is 9. The van der Waals surface area contributed by atoms with E-state index in [0.29, 0.717) is 17.5 Å². The van der Waals surface area contributed by atoms with Gasteiger partial charge in [-0.25, -0.2) is 15.0 Å². The number of aromatic nitrogens is 3. The molecule has 0 N–H and O–H groups in total. The highest BCUT2D eigenvalue weighted by Gasteiger charge is 2.51. The zero-order valence-electron chi connectivity index (χ0n) is 27.0. The van der Waals surface area contributed by atoms with E-state index >= 15 is 0 Å². The highest BCUT2D eigenvalue weighted by Crippen LogP contribution is 2.63. The SMILES string of the molecule is c1ccc(-c2ccc(-c3nc(-c4ccccc4)nc(-c4cccc5c4Oc4ccccc4C54c5ccccc5-c5ccccc54)n3)cc2)cc1. The molecule has 2 aliphatic rings. The van der Waals surface area contributed by atoms with Gasteiger partial charge >= 0.3 is 0 Å². The third-order valence-corrected chi connectivity index (χ3v) is 10.0. The largest absolute Gasteiger partial charge is 0.456 e. The van der Waals surface area contributed by atoms with Gasteiger partial charge in [-0.3, -0.25) is 0 Å². The summed E-state index contributed by atoms with van der Waals surface area (Å²) in [5, 5.41) is 0. The molecule has 234 valence electrons. The van der Waals surface area contributed by atoms with Crippen LogP contribution < -0.4 is 4.74 Å². The van der Waals surface area contributed by atoms with Crippen molar-refractivity contribution >= 4 is 0 Å². The van der Waals surface area contributed by atoms with Gasteiger partial charge in [0.1, 0.15) is 11.5 Å². The molecule has 0 bridgehead atoms. The number of rotatable bonds is 4. The number of ether oxygens (including phenoxy) is 1. The van der Waals surface area contributed by atoms with Crippen LogP contribution in [0.25, 0.3) is 56.4 Å². The quantitative estimate of drug-likeness (QED) is 0.192. The van der Waals surface area contributed by atoms with Crippen molar-refractivity contribution in [3.63, 3.8) is 0 Å². The molecule has 1 aromatic heterocycles. The van der Waals surface area contributed by atoms with Crippen molar-refractivity contribution in [2.24, 2.45) is 0 Å². The fourth-order valence-corrected chi connectivity index (χ4v) is 7.84. The maximum Gasteiger partial charge on any atom is 0.167 e. The van der Waals surface area contributed by atoms with Crippen molar-refractivity contribution in [3.05, 3.63) is 198 Å². The lowest BCUT2D eigenvalue weighted by atomic mass is 9.66. The van der Waals surface area contributed by atoms with Crippen LogP contribution >= 0.6 is 0 Å². The average Bonchev–Trinajstić information content (AvgIpc) is 3.49. The Morgan fingerprint density at radius 2 is 0.760 bits per heavy atom. The summed E-state index contributed by atoms with van der Waals surface area (Å²) < 4.78 is 6.94. The van der Waals surface area contributed by atoms with E-state index in [1.54, 1.807) is 0 Å². The molecule has 50 heavy (non-hydrogen) atoms. The zero-order chi connectivity index (χ0) is 33.1. The van der Waals surface area contributed by atoms with Crippen LogP contribution in [-0.4, -0.2) is 15.0 Å². The Hall–Kier alpha value is -6.65. The molecule has 2 heterocycles.